The van der Waals surface area contributed by atoms with Gasteiger partial charge in [-0.05, 0) is 23.8 Å². The van der Waals surface area contributed by atoms with E-state index in [4.69, 9.17) is 27.9 Å². The standard InChI is InChI=1S/C21H15Cl2F5N2O3/c1-32-19(31)17-16(23)18(12-5-3-2-4-6-12)30(29-17)14-7-8-15(22)13(9-14)10-33-11-20(24,25)21(26,27)28/h2-9H,10-11H2,1H3. The van der Waals surface area contributed by atoms with Crippen LogP contribution in [0.5, 0.6) is 0 Å². The molecule has 3 rings (SSSR count). The molecule has 176 valence electrons. The molecule has 0 amide bonds. The normalized spacial score (nSPS) is 12.1. The molecule has 2 aromatic carbocycles. The van der Waals surface area contributed by atoms with Crippen LogP contribution in [0.2, 0.25) is 10.0 Å². The van der Waals surface area contributed by atoms with Crippen molar-refractivity contribution in [3.05, 3.63) is 69.8 Å². The molecule has 5 nitrogen and oxygen atoms in total. The summed E-state index contributed by atoms with van der Waals surface area (Å²) in [4.78, 5) is 12.1. The average Bonchev–Trinajstić information content (AvgIpc) is 3.11. The van der Waals surface area contributed by atoms with Crippen molar-refractivity contribution in [3.8, 4) is 16.9 Å². The molecular weight excluding hydrogens is 494 g/mol. The second-order valence-corrected chi connectivity index (χ2v) is 7.54. The molecule has 1 heterocycles. The molecule has 0 N–H and O–H groups in total. The Hall–Kier alpha value is -2.69. The first-order valence-electron chi connectivity index (χ1n) is 9.19. The van der Waals surface area contributed by atoms with Crippen LogP contribution in [0.25, 0.3) is 16.9 Å². The minimum atomic E-state index is -5.74. The lowest BCUT2D eigenvalue weighted by Crippen LogP contribution is -2.40. The third-order valence-corrected chi connectivity index (χ3v) is 5.21. The van der Waals surface area contributed by atoms with Gasteiger partial charge >= 0.3 is 18.1 Å². The van der Waals surface area contributed by atoms with Gasteiger partial charge in [-0.3, -0.25) is 0 Å². The molecule has 12 heteroatoms. The average molecular weight is 509 g/mol. The summed E-state index contributed by atoms with van der Waals surface area (Å²) in [6.07, 6.45) is -5.74. The molecule has 3 aromatic rings. The van der Waals surface area contributed by atoms with Crippen LogP contribution < -0.4 is 0 Å². The second-order valence-electron chi connectivity index (χ2n) is 6.75. The predicted molar refractivity (Wildman–Crippen MR) is 111 cm³/mol. The molecule has 0 radical (unpaired) electrons. The monoisotopic (exact) mass is 508 g/mol. The third-order valence-electron chi connectivity index (χ3n) is 4.48. The van der Waals surface area contributed by atoms with Crippen LogP contribution in [0, 0.1) is 0 Å². The number of carbonyl (C=O) groups is 1. The van der Waals surface area contributed by atoms with E-state index in [9.17, 15) is 26.7 Å². The van der Waals surface area contributed by atoms with Gasteiger partial charge in [0.2, 0.25) is 0 Å². The van der Waals surface area contributed by atoms with Crippen molar-refractivity contribution in [2.45, 2.75) is 18.7 Å². The van der Waals surface area contributed by atoms with E-state index >= 15 is 0 Å². The maximum absolute atomic E-state index is 13.1. The number of ether oxygens (including phenoxy) is 2. The lowest BCUT2D eigenvalue weighted by molar-refractivity contribution is -0.297. The number of alkyl halides is 5. The Morgan fingerprint density at radius 2 is 1.73 bits per heavy atom. The minimum absolute atomic E-state index is 0.00520. The summed E-state index contributed by atoms with van der Waals surface area (Å²) in [5, 5.41) is 4.28. The molecule has 0 spiro atoms. The summed E-state index contributed by atoms with van der Waals surface area (Å²) in [6, 6.07) is 13.0. The van der Waals surface area contributed by atoms with Gasteiger partial charge in [0.25, 0.3) is 0 Å². The van der Waals surface area contributed by atoms with E-state index in [1.54, 1.807) is 30.3 Å². The van der Waals surface area contributed by atoms with E-state index in [-0.39, 0.29) is 21.3 Å². The largest absolute Gasteiger partial charge is 0.464 e. The first kappa shape index (κ1) is 24.9. The van der Waals surface area contributed by atoms with E-state index in [1.165, 1.54) is 22.9 Å². The molecule has 0 saturated heterocycles. The molecule has 0 atom stereocenters. The summed E-state index contributed by atoms with van der Waals surface area (Å²) in [6.45, 7) is -2.50. The van der Waals surface area contributed by atoms with Crippen molar-refractivity contribution in [2.24, 2.45) is 0 Å². The SMILES string of the molecule is COC(=O)c1nn(-c2ccc(Cl)c(COCC(F)(F)C(F)(F)F)c2)c(-c2ccccc2)c1Cl. The van der Waals surface area contributed by atoms with E-state index < -0.39 is 31.3 Å². The van der Waals surface area contributed by atoms with Gasteiger partial charge in [-0.25, -0.2) is 9.48 Å². The molecule has 0 aliphatic heterocycles. The van der Waals surface area contributed by atoms with Crippen LogP contribution in [0.4, 0.5) is 22.0 Å². The Bertz CT molecular complexity index is 1150. The van der Waals surface area contributed by atoms with Crippen molar-refractivity contribution in [2.75, 3.05) is 13.7 Å². The van der Waals surface area contributed by atoms with Crippen LogP contribution >= 0.6 is 23.2 Å². The van der Waals surface area contributed by atoms with Crippen molar-refractivity contribution in [1.29, 1.82) is 0 Å². The number of rotatable bonds is 7. The molecule has 0 bridgehead atoms. The van der Waals surface area contributed by atoms with Crippen molar-refractivity contribution in [3.63, 3.8) is 0 Å². The van der Waals surface area contributed by atoms with Crippen LogP contribution in [0.15, 0.2) is 48.5 Å². The number of methoxy groups -OCH3 is 1. The first-order valence-corrected chi connectivity index (χ1v) is 9.95. The third kappa shape index (κ3) is 5.29. The molecule has 0 aliphatic carbocycles. The maximum atomic E-state index is 13.1. The Balaban J connectivity index is 1.99. The van der Waals surface area contributed by atoms with Crippen LogP contribution in [0.1, 0.15) is 16.1 Å². The van der Waals surface area contributed by atoms with Gasteiger partial charge < -0.3 is 9.47 Å². The fourth-order valence-electron chi connectivity index (χ4n) is 2.83. The number of hydrogen-bond acceptors (Lipinski definition) is 4. The van der Waals surface area contributed by atoms with E-state index in [0.717, 1.165) is 7.11 Å². The van der Waals surface area contributed by atoms with Gasteiger partial charge in [0.15, 0.2) is 5.69 Å². The topological polar surface area (TPSA) is 53.3 Å². The number of carbonyl (C=O) groups excluding carboxylic acids is 1. The summed E-state index contributed by atoms with van der Waals surface area (Å²) in [5.41, 5.74) is 1.18. The van der Waals surface area contributed by atoms with Gasteiger partial charge in [-0.2, -0.15) is 27.1 Å². The summed E-state index contributed by atoms with van der Waals surface area (Å²) >= 11 is 12.5. The fourth-order valence-corrected chi connectivity index (χ4v) is 3.31. The number of halogens is 7. The summed E-state index contributed by atoms with van der Waals surface area (Å²) < 4.78 is 73.9. The zero-order valence-electron chi connectivity index (χ0n) is 16.8. The lowest BCUT2D eigenvalue weighted by Gasteiger charge is -2.19. The smallest absolute Gasteiger partial charge is 0.455 e. The number of nitrogens with zero attached hydrogens (tertiary/aromatic N) is 2. The molecule has 1 aromatic heterocycles. The van der Waals surface area contributed by atoms with Crippen LogP contribution in [0.3, 0.4) is 0 Å². The molecule has 0 fully saturated rings. The highest BCUT2D eigenvalue weighted by molar-refractivity contribution is 6.36. The van der Waals surface area contributed by atoms with Crippen molar-refractivity contribution in [1.82, 2.24) is 9.78 Å². The molecule has 0 unspecified atom stereocenters. The summed E-state index contributed by atoms with van der Waals surface area (Å²) in [7, 11) is 1.16. The molecule has 0 aliphatic rings. The van der Waals surface area contributed by atoms with E-state index in [1.807, 2.05) is 0 Å². The highest BCUT2D eigenvalue weighted by Gasteiger charge is 2.57. The Kier molecular flexibility index (Phi) is 7.30. The van der Waals surface area contributed by atoms with Crippen LogP contribution in [-0.2, 0) is 16.1 Å². The zero-order valence-corrected chi connectivity index (χ0v) is 18.3. The Labute approximate surface area is 194 Å². The predicted octanol–water partition coefficient (Wildman–Crippen LogP) is 6.35. The van der Waals surface area contributed by atoms with Crippen LogP contribution in [-0.4, -0.2) is 41.6 Å². The number of benzene rings is 2. The fraction of sp³-hybridized carbons (Fsp3) is 0.238. The first-order chi connectivity index (χ1) is 15.5. The van der Waals surface area contributed by atoms with Gasteiger partial charge in [0.05, 0.1) is 25.1 Å². The van der Waals surface area contributed by atoms with Gasteiger partial charge in [0, 0.05) is 10.6 Å². The quantitative estimate of drug-likeness (QED) is 0.275. The highest BCUT2D eigenvalue weighted by Crippen LogP contribution is 2.36. The zero-order chi connectivity index (χ0) is 24.4. The van der Waals surface area contributed by atoms with Gasteiger partial charge in [-0.15, -0.1) is 0 Å². The number of aromatic nitrogens is 2. The van der Waals surface area contributed by atoms with Crippen molar-refractivity contribution >= 4 is 29.2 Å². The number of esters is 1. The minimum Gasteiger partial charge on any atom is -0.464 e. The Morgan fingerprint density at radius 1 is 1.06 bits per heavy atom. The lowest BCUT2D eigenvalue weighted by atomic mass is 10.1. The Morgan fingerprint density at radius 3 is 2.33 bits per heavy atom. The summed E-state index contributed by atoms with van der Waals surface area (Å²) in [5.74, 6) is -5.80. The second kappa shape index (κ2) is 9.66. The molecule has 0 saturated carbocycles. The van der Waals surface area contributed by atoms with E-state index in [0.29, 0.717) is 16.9 Å². The van der Waals surface area contributed by atoms with Gasteiger partial charge in [0.1, 0.15) is 11.6 Å². The number of hydrogen-bond donors (Lipinski definition) is 0. The molecule has 33 heavy (non-hydrogen) atoms. The van der Waals surface area contributed by atoms with E-state index in [2.05, 4.69) is 9.84 Å². The van der Waals surface area contributed by atoms with Gasteiger partial charge in [-0.1, -0.05) is 53.5 Å². The highest BCUT2D eigenvalue weighted by atomic mass is 35.5. The maximum Gasteiger partial charge on any atom is 0.455 e. The molecular formula is C21H15Cl2F5N2O3. The van der Waals surface area contributed by atoms with Crippen molar-refractivity contribution < 1.29 is 36.2 Å².